The molecule has 160 valence electrons. The van der Waals surface area contributed by atoms with Crippen LogP contribution in [0.1, 0.15) is 46.4 Å². The number of halogens is 1. The number of aromatic carboxylic acids is 1. The first-order chi connectivity index (χ1) is 15.1. The van der Waals surface area contributed by atoms with Crippen LogP contribution >= 0.6 is 0 Å². The Balaban J connectivity index is 1.58. The molecule has 4 rings (SSSR count). The van der Waals surface area contributed by atoms with Gasteiger partial charge in [-0.3, -0.25) is 0 Å². The number of nitrogens with zero attached hydrogens (tertiary/aromatic N) is 3. The minimum absolute atomic E-state index is 0.108. The summed E-state index contributed by atoms with van der Waals surface area (Å²) in [6, 6.07) is 17.0. The molecule has 1 aliphatic rings. The minimum Gasteiger partial charge on any atom is -0.478 e. The van der Waals surface area contributed by atoms with Crippen molar-refractivity contribution >= 4 is 11.9 Å². The van der Waals surface area contributed by atoms with Crippen molar-refractivity contribution in [2.24, 2.45) is 0 Å². The summed E-state index contributed by atoms with van der Waals surface area (Å²) in [4.78, 5) is 23.0. The Labute approximate surface area is 181 Å². The summed E-state index contributed by atoms with van der Waals surface area (Å²) < 4.78 is 13.5. The Morgan fingerprint density at radius 1 is 1.06 bits per heavy atom. The van der Waals surface area contributed by atoms with Crippen LogP contribution in [0, 0.1) is 5.82 Å². The molecule has 3 aromatic rings. The number of benzene rings is 2. The second kappa shape index (κ2) is 9.69. The van der Waals surface area contributed by atoms with E-state index >= 15 is 0 Å². The molecular weight excluding hydrogens is 393 g/mol. The molecule has 1 N–H and O–H groups in total. The third kappa shape index (κ3) is 5.26. The fourth-order valence-corrected chi connectivity index (χ4v) is 4.23. The van der Waals surface area contributed by atoms with Crippen LogP contribution in [-0.2, 0) is 19.3 Å². The van der Waals surface area contributed by atoms with Crippen molar-refractivity contribution in [3.63, 3.8) is 0 Å². The van der Waals surface area contributed by atoms with Gasteiger partial charge in [-0.25, -0.2) is 19.2 Å². The number of aromatic nitrogens is 2. The molecule has 0 aliphatic carbocycles. The van der Waals surface area contributed by atoms with Gasteiger partial charge in [-0.2, -0.15) is 0 Å². The lowest BCUT2D eigenvalue weighted by Gasteiger charge is -2.36. The molecule has 1 aliphatic heterocycles. The molecular formula is C25H26FN3O2. The van der Waals surface area contributed by atoms with Gasteiger partial charge in [-0.1, -0.05) is 42.5 Å². The number of hydrogen-bond donors (Lipinski definition) is 1. The monoisotopic (exact) mass is 419 g/mol. The van der Waals surface area contributed by atoms with Gasteiger partial charge in [0.05, 0.1) is 11.3 Å². The summed E-state index contributed by atoms with van der Waals surface area (Å²) in [7, 11) is 0. The van der Waals surface area contributed by atoms with Crippen LogP contribution in [0.5, 0.6) is 0 Å². The fraction of sp³-hybridized carbons (Fsp3) is 0.320. The average molecular weight is 420 g/mol. The third-order valence-electron chi connectivity index (χ3n) is 5.82. The molecule has 1 fully saturated rings. The molecule has 2 heterocycles. The Morgan fingerprint density at radius 2 is 1.87 bits per heavy atom. The SMILES string of the molecule is O=C(O)c1cnc(N2CCCCC2Cc2ccccc2)nc1CCc1cccc(F)c1. The van der Waals surface area contributed by atoms with Crippen LogP contribution in [0.4, 0.5) is 10.3 Å². The molecule has 1 atom stereocenters. The van der Waals surface area contributed by atoms with E-state index in [1.54, 1.807) is 6.07 Å². The molecule has 2 aromatic carbocycles. The number of carboxylic acid groups (broad SMARTS) is 1. The topological polar surface area (TPSA) is 66.3 Å². The first-order valence-electron chi connectivity index (χ1n) is 10.7. The van der Waals surface area contributed by atoms with Crippen molar-refractivity contribution in [1.82, 2.24) is 9.97 Å². The van der Waals surface area contributed by atoms with E-state index in [9.17, 15) is 14.3 Å². The molecule has 1 aromatic heterocycles. The molecule has 31 heavy (non-hydrogen) atoms. The standard InChI is InChI=1S/C25H26FN3O2/c26-20-10-6-9-19(15-20)12-13-23-22(24(30)31)17-27-25(28-23)29-14-5-4-11-21(29)16-18-7-2-1-3-8-18/h1-3,6-10,15,17,21H,4-5,11-14,16H2,(H,30,31). The van der Waals surface area contributed by atoms with Gasteiger partial charge in [0.2, 0.25) is 5.95 Å². The van der Waals surface area contributed by atoms with Crippen LogP contribution in [0.15, 0.2) is 60.8 Å². The highest BCUT2D eigenvalue weighted by Gasteiger charge is 2.26. The number of carbonyl (C=O) groups is 1. The van der Waals surface area contributed by atoms with Crippen molar-refractivity contribution in [2.45, 2.75) is 44.6 Å². The summed E-state index contributed by atoms with van der Waals surface area (Å²) in [5.41, 5.74) is 2.69. The van der Waals surface area contributed by atoms with Gasteiger partial charge in [0.15, 0.2) is 0 Å². The summed E-state index contributed by atoms with van der Waals surface area (Å²) in [6.07, 6.45) is 6.53. The summed E-state index contributed by atoms with van der Waals surface area (Å²) in [5.74, 6) is -0.753. The maximum absolute atomic E-state index is 13.5. The second-order valence-electron chi connectivity index (χ2n) is 8.00. The number of piperidine rings is 1. The maximum Gasteiger partial charge on any atom is 0.339 e. The van der Waals surface area contributed by atoms with E-state index in [0.717, 1.165) is 37.8 Å². The summed E-state index contributed by atoms with van der Waals surface area (Å²) >= 11 is 0. The van der Waals surface area contributed by atoms with Gasteiger partial charge in [-0.05, 0) is 61.8 Å². The Morgan fingerprint density at radius 3 is 2.65 bits per heavy atom. The largest absolute Gasteiger partial charge is 0.478 e. The molecule has 1 unspecified atom stereocenters. The lowest BCUT2D eigenvalue weighted by Crippen LogP contribution is -2.42. The van der Waals surface area contributed by atoms with Crippen molar-refractivity contribution in [2.75, 3.05) is 11.4 Å². The molecule has 0 spiro atoms. The highest BCUT2D eigenvalue weighted by Crippen LogP contribution is 2.25. The van der Waals surface area contributed by atoms with Crippen molar-refractivity contribution in [3.05, 3.63) is 89.0 Å². The highest BCUT2D eigenvalue weighted by atomic mass is 19.1. The zero-order valence-corrected chi connectivity index (χ0v) is 17.4. The molecule has 0 amide bonds. The molecule has 0 bridgehead atoms. The second-order valence-corrected chi connectivity index (χ2v) is 8.00. The molecule has 0 radical (unpaired) electrons. The fourth-order valence-electron chi connectivity index (χ4n) is 4.23. The normalized spacial score (nSPS) is 16.3. The van der Waals surface area contributed by atoms with E-state index in [-0.39, 0.29) is 17.4 Å². The van der Waals surface area contributed by atoms with Gasteiger partial charge in [0, 0.05) is 18.8 Å². The highest BCUT2D eigenvalue weighted by molar-refractivity contribution is 5.88. The van der Waals surface area contributed by atoms with E-state index in [1.807, 2.05) is 24.3 Å². The number of carboxylic acids is 1. The van der Waals surface area contributed by atoms with Crippen LogP contribution < -0.4 is 4.90 Å². The van der Waals surface area contributed by atoms with Crippen LogP contribution in [-0.4, -0.2) is 33.6 Å². The van der Waals surface area contributed by atoms with E-state index in [4.69, 9.17) is 0 Å². The Hall–Kier alpha value is -3.28. The zero-order chi connectivity index (χ0) is 21.6. The molecule has 1 saturated heterocycles. The number of aryl methyl sites for hydroxylation is 2. The number of rotatable bonds is 7. The lowest BCUT2D eigenvalue weighted by atomic mass is 9.96. The van der Waals surface area contributed by atoms with E-state index in [2.05, 4.69) is 27.0 Å². The van der Waals surface area contributed by atoms with Crippen LogP contribution in [0.3, 0.4) is 0 Å². The van der Waals surface area contributed by atoms with Gasteiger partial charge >= 0.3 is 5.97 Å². The van der Waals surface area contributed by atoms with E-state index in [0.29, 0.717) is 24.5 Å². The maximum atomic E-state index is 13.5. The Bertz CT molecular complexity index is 1040. The number of anilines is 1. The molecule has 0 saturated carbocycles. The van der Waals surface area contributed by atoms with Gasteiger partial charge in [-0.15, -0.1) is 0 Å². The first-order valence-corrected chi connectivity index (χ1v) is 10.7. The summed E-state index contributed by atoms with van der Waals surface area (Å²) in [6.45, 7) is 0.854. The van der Waals surface area contributed by atoms with Crippen LogP contribution in [0.2, 0.25) is 0 Å². The minimum atomic E-state index is -1.04. The van der Waals surface area contributed by atoms with Crippen molar-refractivity contribution in [1.29, 1.82) is 0 Å². The van der Waals surface area contributed by atoms with E-state index < -0.39 is 5.97 Å². The quantitative estimate of drug-likeness (QED) is 0.601. The average Bonchev–Trinajstić information content (AvgIpc) is 2.78. The van der Waals surface area contributed by atoms with Gasteiger partial charge < -0.3 is 10.0 Å². The Kier molecular flexibility index (Phi) is 6.55. The van der Waals surface area contributed by atoms with Crippen LogP contribution in [0.25, 0.3) is 0 Å². The van der Waals surface area contributed by atoms with Crippen molar-refractivity contribution < 1.29 is 14.3 Å². The predicted octanol–water partition coefficient (Wildman–Crippen LogP) is 4.70. The predicted molar refractivity (Wildman–Crippen MR) is 118 cm³/mol. The first kappa shape index (κ1) is 21.0. The van der Waals surface area contributed by atoms with E-state index in [1.165, 1.54) is 23.9 Å². The van der Waals surface area contributed by atoms with Gasteiger partial charge in [0.25, 0.3) is 0 Å². The third-order valence-corrected chi connectivity index (χ3v) is 5.82. The smallest absolute Gasteiger partial charge is 0.339 e. The molecule has 5 nitrogen and oxygen atoms in total. The summed E-state index contributed by atoms with van der Waals surface area (Å²) in [5, 5.41) is 9.60. The molecule has 6 heteroatoms. The lowest BCUT2D eigenvalue weighted by molar-refractivity contribution is 0.0694. The number of hydrogen-bond acceptors (Lipinski definition) is 4. The van der Waals surface area contributed by atoms with Crippen molar-refractivity contribution in [3.8, 4) is 0 Å². The zero-order valence-electron chi connectivity index (χ0n) is 17.4. The van der Waals surface area contributed by atoms with Gasteiger partial charge in [0.1, 0.15) is 5.82 Å².